The van der Waals surface area contributed by atoms with Crippen LogP contribution in [-0.4, -0.2) is 36.3 Å². The summed E-state index contributed by atoms with van der Waals surface area (Å²) in [5.74, 6) is -3.90. The van der Waals surface area contributed by atoms with E-state index in [1.165, 1.54) is 19.1 Å². The first-order valence-corrected chi connectivity index (χ1v) is 10.4. The van der Waals surface area contributed by atoms with Gasteiger partial charge in [0.05, 0.1) is 17.1 Å². The van der Waals surface area contributed by atoms with Crippen LogP contribution in [0.2, 0.25) is 0 Å². The van der Waals surface area contributed by atoms with Crippen LogP contribution in [0, 0.1) is 5.82 Å². The number of anilines is 1. The number of hydrogen-bond donors (Lipinski definition) is 1. The molecule has 1 heterocycles. The van der Waals surface area contributed by atoms with Crippen LogP contribution in [0.25, 0.3) is 11.3 Å². The SMILES string of the molecule is CCS(=O)(=O)Nc1nc(-c2ccc(F)cc2)c(COC(=O)C(F)(F)F)c(C(C)C)n1. The lowest BCUT2D eigenvalue weighted by Gasteiger charge is -2.18. The number of benzene rings is 1. The van der Waals surface area contributed by atoms with Crippen LogP contribution in [0.3, 0.4) is 0 Å². The van der Waals surface area contributed by atoms with Crippen LogP contribution >= 0.6 is 0 Å². The zero-order valence-corrected chi connectivity index (χ0v) is 17.1. The molecule has 0 aliphatic rings. The van der Waals surface area contributed by atoms with Gasteiger partial charge in [-0.05, 0) is 37.1 Å². The van der Waals surface area contributed by atoms with E-state index in [0.717, 1.165) is 12.1 Å². The first-order valence-electron chi connectivity index (χ1n) is 8.75. The molecular formula is C18H19F4N3O4S. The van der Waals surface area contributed by atoms with E-state index in [1.807, 2.05) is 0 Å². The highest BCUT2D eigenvalue weighted by molar-refractivity contribution is 7.92. The molecule has 1 aromatic carbocycles. The number of alkyl halides is 3. The molecule has 2 rings (SSSR count). The standard InChI is InChI=1S/C18H19F4N3O4S/c1-4-30(27,28)25-17-23-14(10(2)3)13(9-29-16(26)18(20,21)22)15(24-17)11-5-7-12(19)8-6-11/h5-8,10H,4,9H2,1-3H3,(H,23,24,25). The monoisotopic (exact) mass is 449 g/mol. The van der Waals surface area contributed by atoms with Crippen LogP contribution in [0.15, 0.2) is 24.3 Å². The molecule has 0 saturated carbocycles. The second-order valence-electron chi connectivity index (χ2n) is 6.50. The zero-order chi connectivity index (χ0) is 22.7. The molecule has 0 radical (unpaired) electrons. The van der Waals surface area contributed by atoms with Gasteiger partial charge in [0.15, 0.2) is 0 Å². The number of nitrogens with one attached hydrogen (secondary N) is 1. The zero-order valence-electron chi connectivity index (χ0n) is 16.2. The summed E-state index contributed by atoms with van der Waals surface area (Å²) >= 11 is 0. The molecule has 30 heavy (non-hydrogen) atoms. The molecule has 0 amide bonds. The van der Waals surface area contributed by atoms with E-state index in [9.17, 15) is 30.8 Å². The fourth-order valence-corrected chi connectivity index (χ4v) is 2.96. The van der Waals surface area contributed by atoms with E-state index in [4.69, 9.17) is 0 Å². The highest BCUT2D eigenvalue weighted by Gasteiger charge is 2.41. The molecule has 2 aromatic rings. The third-order valence-electron chi connectivity index (χ3n) is 3.91. The third kappa shape index (κ3) is 5.88. The predicted molar refractivity (Wildman–Crippen MR) is 100 cm³/mol. The van der Waals surface area contributed by atoms with Gasteiger partial charge in [0.25, 0.3) is 0 Å². The molecule has 0 aliphatic carbocycles. The Labute approximate surface area is 170 Å². The van der Waals surface area contributed by atoms with Crippen molar-refractivity contribution in [2.24, 2.45) is 0 Å². The average Bonchev–Trinajstić information content (AvgIpc) is 2.65. The van der Waals surface area contributed by atoms with E-state index >= 15 is 0 Å². The molecule has 7 nitrogen and oxygen atoms in total. The van der Waals surface area contributed by atoms with Crippen molar-refractivity contribution in [2.45, 2.75) is 39.5 Å². The summed E-state index contributed by atoms with van der Waals surface area (Å²) in [6.45, 7) is 3.94. The van der Waals surface area contributed by atoms with Crippen molar-refractivity contribution in [3.05, 3.63) is 41.3 Å². The fourth-order valence-electron chi connectivity index (χ4n) is 2.44. The molecule has 12 heteroatoms. The van der Waals surface area contributed by atoms with Gasteiger partial charge < -0.3 is 4.74 Å². The van der Waals surface area contributed by atoms with Gasteiger partial charge in [-0.25, -0.2) is 27.6 Å². The lowest BCUT2D eigenvalue weighted by Crippen LogP contribution is -2.26. The quantitative estimate of drug-likeness (QED) is 0.510. The lowest BCUT2D eigenvalue weighted by atomic mass is 9.99. The number of hydrogen-bond acceptors (Lipinski definition) is 6. The molecule has 0 unspecified atom stereocenters. The van der Waals surface area contributed by atoms with Crippen LogP contribution in [0.4, 0.5) is 23.5 Å². The number of esters is 1. The van der Waals surface area contributed by atoms with E-state index in [-0.39, 0.29) is 34.2 Å². The summed E-state index contributed by atoms with van der Waals surface area (Å²) in [5, 5.41) is 0. The van der Waals surface area contributed by atoms with Gasteiger partial charge in [-0.2, -0.15) is 13.2 Å². The van der Waals surface area contributed by atoms with E-state index < -0.39 is 40.5 Å². The van der Waals surface area contributed by atoms with Crippen molar-refractivity contribution in [3.8, 4) is 11.3 Å². The summed E-state index contributed by atoms with van der Waals surface area (Å²) in [5.41, 5.74) is 0.509. The predicted octanol–water partition coefficient (Wildman–Crippen LogP) is 3.77. The Morgan fingerprint density at radius 3 is 2.27 bits per heavy atom. The summed E-state index contributed by atoms with van der Waals surface area (Å²) in [7, 11) is -3.75. The molecule has 0 saturated heterocycles. The number of carbonyl (C=O) groups excluding carboxylic acids is 1. The molecule has 1 aromatic heterocycles. The van der Waals surface area contributed by atoms with Crippen molar-refractivity contribution < 1.29 is 35.5 Å². The second kappa shape index (κ2) is 8.94. The number of aromatic nitrogens is 2. The average molecular weight is 449 g/mol. The molecule has 1 N–H and O–H groups in total. The fraction of sp³-hybridized carbons (Fsp3) is 0.389. The van der Waals surface area contributed by atoms with Gasteiger partial charge in [-0.3, -0.25) is 4.72 Å². The Bertz CT molecular complexity index is 1020. The second-order valence-corrected chi connectivity index (χ2v) is 8.51. The number of halogens is 4. The Kier molecular flexibility index (Phi) is 7.01. The Balaban J connectivity index is 2.63. The minimum atomic E-state index is -5.19. The maximum atomic E-state index is 13.3. The molecule has 0 aliphatic heterocycles. The minimum absolute atomic E-state index is 0.0116. The number of carbonyl (C=O) groups is 1. The highest BCUT2D eigenvalue weighted by Crippen LogP contribution is 2.31. The topological polar surface area (TPSA) is 98.3 Å². The third-order valence-corrected chi connectivity index (χ3v) is 5.16. The normalized spacial score (nSPS) is 12.1. The Morgan fingerprint density at radius 2 is 1.77 bits per heavy atom. The highest BCUT2D eigenvalue weighted by atomic mass is 32.2. The first-order chi connectivity index (χ1) is 13.8. The minimum Gasteiger partial charge on any atom is -0.454 e. The van der Waals surface area contributed by atoms with Crippen molar-refractivity contribution in [1.29, 1.82) is 0 Å². The van der Waals surface area contributed by atoms with E-state index in [1.54, 1.807) is 13.8 Å². The van der Waals surface area contributed by atoms with Gasteiger partial charge in [-0.1, -0.05) is 13.8 Å². The molecule has 164 valence electrons. The summed E-state index contributed by atoms with van der Waals surface area (Å²) in [4.78, 5) is 19.4. The number of ether oxygens (including phenoxy) is 1. The number of sulfonamides is 1. The molecular weight excluding hydrogens is 430 g/mol. The smallest absolute Gasteiger partial charge is 0.454 e. The van der Waals surface area contributed by atoms with Crippen molar-refractivity contribution in [1.82, 2.24) is 9.97 Å². The molecule has 0 bridgehead atoms. The van der Waals surface area contributed by atoms with Crippen LogP contribution < -0.4 is 4.72 Å². The van der Waals surface area contributed by atoms with Crippen molar-refractivity contribution >= 4 is 21.9 Å². The summed E-state index contributed by atoms with van der Waals surface area (Å²) in [6.07, 6.45) is -5.19. The van der Waals surface area contributed by atoms with Gasteiger partial charge >= 0.3 is 12.1 Å². The number of nitrogens with zero attached hydrogens (tertiary/aromatic N) is 2. The summed E-state index contributed by atoms with van der Waals surface area (Å²) < 4.78 is 81.4. The largest absolute Gasteiger partial charge is 0.490 e. The summed E-state index contributed by atoms with van der Waals surface area (Å²) in [6, 6.07) is 4.84. The maximum Gasteiger partial charge on any atom is 0.490 e. The lowest BCUT2D eigenvalue weighted by molar-refractivity contribution is -0.201. The molecule has 0 atom stereocenters. The van der Waals surface area contributed by atoms with Crippen LogP contribution in [-0.2, 0) is 26.2 Å². The van der Waals surface area contributed by atoms with Gasteiger partial charge in [0.2, 0.25) is 16.0 Å². The number of rotatable bonds is 7. The first kappa shape index (κ1) is 23.5. The van der Waals surface area contributed by atoms with Gasteiger partial charge in [0.1, 0.15) is 12.4 Å². The van der Waals surface area contributed by atoms with Crippen LogP contribution in [0.1, 0.15) is 37.9 Å². The van der Waals surface area contributed by atoms with E-state index in [2.05, 4.69) is 19.4 Å². The molecule has 0 fully saturated rings. The van der Waals surface area contributed by atoms with Crippen LogP contribution in [0.5, 0.6) is 0 Å². The Hall–Kier alpha value is -2.76. The van der Waals surface area contributed by atoms with E-state index in [0.29, 0.717) is 0 Å². The van der Waals surface area contributed by atoms with Gasteiger partial charge in [-0.15, -0.1) is 0 Å². The van der Waals surface area contributed by atoms with Gasteiger partial charge in [0, 0.05) is 11.1 Å². The molecule has 0 spiro atoms. The van der Waals surface area contributed by atoms with Crippen molar-refractivity contribution in [3.63, 3.8) is 0 Å². The maximum absolute atomic E-state index is 13.3. The Morgan fingerprint density at radius 1 is 1.17 bits per heavy atom. The van der Waals surface area contributed by atoms with Crippen molar-refractivity contribution in [2.75, 3.05) is 10.5 Å².